The summed E-state index contributed by atoms with van der Waals surface area (Å²) < 4.78 is 33.4. The summed E-state index contributed by atoms with van der Waals surface area (Å²) in [7, 11) is 0. The van der Waals surface area contributed by atoms with Gasteiger partial charge in [-0.3, -0.25) is 14.5 Å². The van der Waals surface area contributed by atoms with E-state index < -0.39 is 12.1 Å². The van der Waals surface area contributed by atoms with Gasteiger partial charge in [0.05, 0.1) is 35.7 Å². The number of aryl methyl sites for hydroxylation is 1. The van der Waals surface area contributed by atoms with E-state index in [9.17, 15) is 18.0 Å². The smallest absolute Gasteiger partial charge is 0.475 e. The monoisotopic (exact) mass is 423 g/mol. The second-order valence-electron chi connectivity index (χ2n) is 6.61. The average molecular weight is 423 g/mol. The number of nitrogens with zero attached hydrogens (tertiary/aromatic N) is 3. The van der Waals surface area contributed by atoms with Crippen LogP contribution in [0.1, 0.15) is 22.8 Å². The normalized spacial score (nSPS) is 12.1. The lowest BCUT2D eigenvalue weighted by Gasteiger charge is -2.06. The second-order valence-corrected chi connectivity index (χ2v) is 6.61. The van der Waals surface area contributed by atoms with E-state index in [1.807, 2.05) is 38.1 Å². The molecule has 0 saturated heterocycles. The summed E-state index contributed by atoms with van der Waals surface area (Å²) in [4.78, 5) is 25.6. The SMILES string of the molecule is Cc1ccc2cc(NC(=O)c3cnn(CC(C)N)c3)cnc2c1.O=C(O)C(F)(F)F. The van der Waals surface area contributed by atoms with Crippen LogP contribution in [-0.4, -0.2) is 44.0 Å². The number of alkyl halides is 3. The molecule has 1 aromatic carbocycles. The highest BCUT2D eigenvalue weighted by Gasteiger charge is 2.38. The Labute approximate surface area is 169 Å². The number of hydrogen-bond acceptors (Lipinski definition) is 5. The highest BCUT2D eigenvalue weighted by molar-refractivity contribution is 6.04. The first-order chi connectivity index (χ1) is 14.0. The van der Waals surface area contributed by atoms with Crippen molar-refractivity contribution >= 4 is 28.5 Å². The molecule has 0 saturated carbocycles. The number of hydrogen-bond donors (Lipinski definition) is 3. The lowest BCUT2D eigenvalue weighted by atomic mass is 10.1. The number of carboxylic acid groups (broad SMARTS) is 1. The predicted octanol–water partition coefficient (Wildman–Crippen LogP) is 2.97. The Morgan fingerprint density at radius 1 is 1.27 bits per heavy atom. The van der Waals surface area contributed by atoms with Gasteiger partial charge in [-0.05, 0) is 31.5 Å². The minimum absolute atomic E-state index is 0.0149. The van der Waals surface area contributed by atoms with Gasteiger partial charge in [-0.25, -0.2) is 4.79 Å². The van der Waals surface area contributed by atoms with Crippen LogP contribution in [0, 0.1) is 6.92 Å². The number of carbonyl (C=O) groups excluding carboxylic acids is 1. The van der Waals surface area contributed by atoms with Gasteiger partial charge in [0.1, 0.15) is 0 Å². The van der Waals surface area contributed by atoms with Crippen LogP contribution in [0.25, 0.3) is 10.9 Å². The molecule has 0 radical (unpaired) electrons. The van der Waals surface area contributed by atoms with E-state index in [1.165, 1.54) is 6.20 Å². The molecule has 0 aliphatic carbocycles. The maximum absolute atomic E-state index is 12.3. The molecule has 160 valence electrons. The number of aromatic nitrogens is 3. The zero-order valence-corrected chi connectivity index (χ0v) is 16.1. The van der Waals surface area contributed by atoms with Crippen LogP contribution in [0.5, 0.6) is 0 Å². The number of rotatable bonds is 4. The van der Waals surface area contributed by atoms with E-state index in [1.54, 1.807) is 17.1 Å². The van der Waals surface area contributed by atoms with Crippen molar-refractivity contribution in [3.8, 4) is 0 Å². The van der Waals surface area contributed by atoms with Crippen molar-refractivity contribution in [2.45, 2.75) is 32.6 Å². The van der Waals surface area contributed by atoms with Crippen molar-refractivity contribution in [1.29, 1.82) is 0 Å². The Hall–Kier alpha value is -3.47. The predicted molar refractivity (Wildman–Crippen MR) is 104 cm³/mol. The Bertz CT molecular complexity index is 1050. The third kappa shape index (κ3) is 6.55. The molecule has 0 fully saturated rings. The molecule has 1 unspecified atom stereocenters. The number of nitrogens with one attached hydrogen (secondary N) is 1. The zero-order chi connectivity index (χ0) is 22.5. The van der Waals surface area contributed by atoms with Gasteiger partial charge in [0, 0.05) is 17.6 Å². The van der Waals surface area contributed by atoms with Gasteiger partial charge in [0.25, 0.3) is 5.91 Å². The second kappa shape index (κ2) is 9.35. The van der Waals surface area contributed by atoms with E-state index in [4.69, 9.17) is 15.6 Å². The molecule has 0 bridgehead atoms. The molecule has 8 nitrogen and oxygen atoms in total. The minimum atomic E-state index is -5.08. The fraction of sp³-hybridized carbons (Fsp3) is 0.263. The van der Waals surface area contributed by atoms with Gasteiger partial charge in [0.2, 0.25) is 0 Å². The first-order valence-electron chi connectivity index (χ1n) is 8.71. The maximum atomic E-state index is 12.3. The number of nitrogens with two attached hydrogens (primary N) is 1. The standard InChI is InChI=1S/C17H19N5O.C2HF3O2/c1-11-3-4-13-6-15(8-19-16(13)5-11)21-17(23)14-7-20-22(10-14)9-12(2)18;3-2(4,5)1(6)7/h3-8,10,12H,9,18H2,1-2H3,(H,21,23);(H,6,7). The van der Waals surface area contributed by atoms with Gasteiger partial charge in [0.15, 0.2) is 0 Å². The highest BCUT2D eigenvalue weighted by Crippen LogP contribution is 2.18. The van der Waals surface area contributed by atoms with Crippen LogP contribution in [0.4, 0.5) is 18.9 Å². The molecule has 2 aromatic heterocycles. The van der Waals surface area contributed by atoms with Crippen LogP contribution in [-0.2, 0) is 11.3 Å². The highest BCUT2D eigenvalue weighted by atomic mass is 19.4. The number of aliphatic carboxylic acids is 1. The van der Waals surface area contributed by atoms with Gasteiger partial charge in [-0.1, -0.05) is 12.1 Å². The van der Waals surface area contributed by atoms with Crippen molar-refractivity contribution in [2.24, 2.45) is 5.73 Å². The summed E-state index contributed by atoms with van der Waals surface area (Å²) >= 11 is 0. The lowest BCUT2D eigenvalue weighted by Crippen LogP contribution is -2.22. The van der Waals surface area contributed by atoms with E-state index >= 15 is 0 Å². The van der Waals surface area contributed by atoms with Crippen LogP contribution in [0.3, 0.4) is 0 Å². The first kappa shape index (κ1) is 22.8. The molecule has 3 aromatic rings. The quantitative estimate of drug-likeness (QED) is 0.593. The van der Waals surface area contributed by atoms with Gasteiger partial charge >= 0.3 is 12.1 Å². The number of amides is 1. The summed E-state index contributed by atoms with van der Waals surface area (Å²) in [5.74, 6) is -2.97. The lowest BCUT2D eigenvalue weighted by molar-refractivity contribution is -0.192. The van der Waals surface area contributed by atoms with Crippen molar-refractivity contribution in [1.82, 2.24) is 14.8 Å². The molecular weight excluding hydrogens is 403 g/mol. The van der Waals surface area contributed by atoms with Crippen molar-refractivity contribution in [3.63, 3.8) is 0 Å². The molecule has 1 amide bonds. The van der Waals surface area contributed by atoms with Crippen LogP contribution in [0.2, 0.25) is 0 Å². The van der Waals surface area contributed by atoms with Gasteiger partial charge in [-0.2, -0.15) is 18.3 Å². The molecule has 4 N–H and O–H groups in total. The summed E-state index contributed by atoms with van der Waals surface area (Å²) in [6.45, 7) is 4.49. The zero-order valence-electron chi connectivity index (χ0n) is 16.1. The Kier molecular flexibility index (Phi) is 7.11. The van der Waals surface area contributed by atoms with Crippen LogP contribution >= 0.6 is 0 Å². The van der Waals surface area contributed by atoms with Crippen molar-refractivity contribution in [3.05, 3.63) is 54.0 Å². The molecule has 1 atom stereocenters. The third-order valence-corrected chi connectivity index (χ3v) is 3.71. The van der Waals surface area contributed by atoms with E-state index in [-0.39, 0.29) is 11.9 Å². The Balaban J connectivity index is 0.000000396. The molecule has 0 spiro atoms. The number of fused-ring (bicyclic) bond motifs is 1. The van der Waals surface area contributed by atoms with Gasteiger partial charge < -0.3 is 16.2 Å². The number of benzene rings is 1. The summed E-state index contributed by atoms with van der Waals surface area (Å²) in [6.07, 6.45) is -0.196. The molecule has 11 heteroatoms. The number of carboxylic acids is 1. The minimum Gasteiger partial charge on any atom is -0.475 e. The fourth-order valence-corrected chi connectivity index (χ4v) is 2.38. The molecule has 2 heterocycles. The molecule has 0 aliphatic heterocycles. The number of pyridine rings is 1. The third-order valence-electron chi connectivity index (χ3n) is 3.71. The topological polar surface area (TPSA) is 123 Å². The number of carbonyl (C=O) groups is 2. The van der Waals surface area contributed by atoms with E-state index in [2.05, 4.69) is 15.4 Å². The molecular formula is C19H20F3N5O3. The average Bonchev–Trinajstić information content (AvgIpc) is 3.09. The van der Waals surface area contributed by atoms with E-state index in [0.29, 0.717) is 17.8 Å². The summed E-state index contributed by atoms with van der Waals surface area (Å²) in [5, 5.41) is 15.1. The van der Waals surface area contributed by atoms with Crippen LogP contribution < -0.4 is 11.1 Å². The molecule has 30 heavy (non-hydrogen) atoms. The van der Waals surface area contributed by atoms with E-state index in [0.717, 1.165) is 16.5 Å². The number of anilines is 1. The Morgan fingerprint density at radius 3 is 2.53 bits per heavy atom. The molecule has 3 rings (SSSR count). The maximum Gasteiger partial charge on any atom is 0.490 e. The number of halogens is 3. The fourth-order valence-electron chi connectivity index (χ4n) is 2.38. The van der Waals surface area contributed by atoms with Crippen LogP contribution in [0.15, 0.2) is 42.9 Å². The summed E-state index contributed by atoms with van der Waals surface area (Å²) in [5.41, 5.74) is 8.95. The first-order valence-corrected chi connectivity index (χ1v) is 8.71. The largest absolute Gasteiger partial charge is 0.490 e. The van der Waals surface area contributed by atoms with Gasteiger partial charge in [-0.15, -0.1) is 0 Å². The van der Waals surface area contributed by atoms with Crippen molar-refractivity contribution in [2.75, 3.05) is 5.32 Å². The summed E-state index contributed by atoms with van der Waals surface area (Å²) in [6, 6.07) is 7.92. The molecule has 0 aliphatic rings. The Morgan fingerprint density at radius 2 is 1.93 bits per heavy atom. The van der Waals surface area contributed by atoms with Crippen molar-refractivity contribution < 1.29 is 27.9 Å².